The molecule has 9 aromatic rings. The van der Waals surface area contributed by atoms with E-state index in [1.54, 1.807) is 110 Å². The van der Waals surface area contributed by atoms with Crippen LogP contribution in [0.1, 0.15) is 11.1 Å². The molecule has 0 saturated carbocycles. The minimum Gasteiger partial charge on any atom is -0.457 e. The monoisotopic (exact) mass is 988 g/mol. The number of nitrogen functional groups attached to an aromatic ring is 1. The van der Waals surface area contributed by atoms with E-state index in [1.165, 1.54) is 19.2 Å². The SMILES string of the molecule is CN1CCN(Cc2cc(NC(=O)Nc3ccc(Oc4ccnc(-c5nnco5)c4)cc3)cc(C(F)(F)F)c2)CC1.Clc1ccnc(-c2nnco2)c1.Nc1ccc(Oc2ccnc(-c3nnco3)c2)cc1. The molecule has 71 heavy (non-hydrogen) atoms. The van der Waals surface area contributed by atoms with Crippen LogP contribution in [-0.2, 0) is 12.7 Å². The highest BCUT2D eigenvalue weighted by atomic mass is 35.5. The molecule has 1 fully saturated rings. The molecule has 3 aromatic carbocycles. The van der Waals surface area contributed by atoms with Gasteiger partial charge >= 0.3 is 12.2 Å². The number of urea groups is 1. The zero-order chi connectivity index (χ0) is 49.6. The first kappa shape index (κ1) is 48.6. The van der Waals surface area contributed by atoms with Crippen LogP contribution in [-0.4, -0.2) is 94.6 Å². The number of nitrogens with one attached hydrogen (secondary N) is 2. The minimum absolute atomic E-state index is 0.0612. The fourth-order valence-corrected chi connectivity index (χ4v) is 6.71. The van der Waals surface area contributed by atoms with Crippen molar-refractivity contribution in [2.45, 2.75) is 12.7 Å². The molecule has 0 unspecified atom stereocenters. The van der Waals surface area contributed by atoms with Crippen LogP contribution in [0.4, 0.5) is 35.0 Å². The maximum absolute atomic E-state index is 13.6. The van der Waals surface area contributed by atoms with Crippen molar-refractivity contribution in [3.63, 3.8) is 0 Å². The van der Waals surface area contributed by atoms with Crippen LogP contribution in [0.5, 0.6) is 23.0 Å². The van der Waals surface area contributed by atoms with Crippen LogP contribution in [0.2, 0.25) is 5.02 Å². The van der Waals surface area contributed by atoms with Crippen molar-refractivity contribution in [2.75, 3.05) is 49.6 Å². The molecular weight excluding hydrogens is 949 g/mol. The summed E-state index contributed by atoms with van der Waals surface area (Å²) in [7, 11) is 2.01. The Labute approximate surface area is 406 Å². The van der Waals surface area contributed by atoms with E-state index in [1.807, 2.05) is 7.05 Å². The molecule has 0 bridgehead atoms. The number of nitrogens with zero attached hydrogens (tertiary/aromatic N) is 11. The molecule has 1 aliphatic rings. The van der Waals surface area contributed by atoms with Gasteiger partial charge in [-0.25, -0.2) is 4.79 Å². The van der Waals surface area contributed by atoms with E-state index < -0.39 is 17.8 Å². The maximum Gasteiger partial charge on any atom is 0.416 e. The quantitative estimate of drug-likeness (QED) is 0.102. The molecule has 1 saturated heterocycles. The first-order chi connectivity index (χ1) is 34.4. The summed E-state index contributed by atoms with van der Waals surface area (Å²) in [5, 5.41) is 27.8. The van der Waals surface area contributed by atoms with Gasteiger partial charge in [0.05, 0.1) is 5.56 Å². The van der Waals surface area contributed by atoms with E-state index in [2.05, 4.69) is 66.0 Å². The Morgan fingerprint density at radius 2 is 1.13 bits per heavy atom. The number of amides is 2. The van der Waals surface area contributed by atoms with E-state index in [4.69, 9.17) is 40.1 Å². The van der Waals surface area contributed by atoms with Crippen molar-refractivity contribution in [2.24, 2.45) is 0 Å². The third-order valence-electron chi connectivity index (χ3n) is 9.97. The lowest BCUT2D eigenvalue weighted by Crippen LogP contribution is -2.43. The topological polar surface area (TPSA) is 248 Å². The van der Waals surface area contributed by atoms with Crippen molar-refractivity contribution in [1.29, 1.82) is 0 Å². The van der Waals surface area contributed by atoms with E-state index >= 15 is 0 Å². The number of anilines is 3. The summed E-state index contributed by atoms with van der Waals surface area (Å²) in [6.45, 7) is 3.58. The number of hydrogen-bond acceptors (Lipinski definition) is 18. The third-order valence-corrected chi connectivity index (χ3v) is 10.2. The fraction of sp³-hybridized carbons (Fsp3) is 0.149. The highest BCUT2D eigenvalue weighted by Gasteiger charge is 2.31. The summed E-state index contributed by atoms with van der Waals surface area (Å²) >= 11 is 5.73. The number of benzene rings is 3. The van der Waals surface area contributed by atoms with Gasteiger partial charge in [-0.2, -0.15) is 13.2 Å². The molecule has 2 amide bonds. The molecule has 0 aliphatic carbocycles. The number of halogens is 4. The summed E-state index contributed by atoms with van der Waals surface area (Å²) in [4.78, 5) is 29.2. The van der Waals surface area contributed by atoms with Crippen LogP contribution in [0.25, 0.3) is 34.8 Å². The van der Waals surface area contributed by atoms with Gasteiger partial charge < -0.3 is 44.0 Å². The van der Waals surface area contributed by atoms with E-state index in [-0.39, 0.29) is 11.6 Å². The largest absolute Gasteiger partial charge is 0.457 e. The summed E-state index contributed by atoms with van der Waals surface area (Å²) in [6, 6.07) is 26.7. The Kier molecular flexibility index (Phi) is 15.8. The number of rotatable bonds is 11. The van der Waals surface area contributed by atoms with Gasteiger partial charge in [-0.1, -0.05) is 11.6 Å². The molecule has 0 spiro atoms. The van der Waals surface area contributed by atoms with Crippen molar-refractivity contribution in [3.05, 3.63) is 157 Å². The number of carbonyl (C=O) groups excluding carboxylic acids is 1. The van der Waals surface area contributed by atoms with Crippen molar-refractivity contribution < 1.29 is 40.7 Å². The normalized spacial score (nSPS) is 12.7. The zero-order valence-corrected chi connectivity index (χ0v) is 38.0. The van der Waals surface area contributed by atoms with E-state index in [0.29, 0.717) is 80.4 Å². The number of alkyl halides is 3. The molecule has 24 heteroatoms. The summed E-state index contributed by atoms with van der Waals surface area (Å²) < 4.78 is 67.4. The number of nitrogens with two attached hydrogens (primary N) is 1. The van der Waals surface area contributed by atoms with Crippen LogP contribution in [0.15, 0.2) is 154 Å². The fourth-order valence-electron chi connectivity index (χ4n) is 6.55. The Morgan fingerprint density at radius 1 is 0.634 bits per heavy atom. The average Bonchev–Trinajstić information content (AvgIpc) is 4.21. The Bertz CT molecular complexity index is 3090. The predicted molar refractivity (Wildman–Crippen MR) is 252 cm³/mol. The first-order valence-corrected chi connectivity index (χ1v) is 21.6. The van der Waals surface area contributed by atoms with E-state index in [0.717, 1.165) is 38.3 Å². The number of likely N-dealkylation sites (N-methyl/N-ethyl adjacent to an activating group) is 1. The Balaban J connectivity index is 0.000000177. The molecule has 20 nitrogen and oxygen atoms in total. The van der Waals surface area contributed by atoms with Crippen molar-refractivity contribution in [1.82, 2.24) is 55.3 Å². The average molecular weight is 989 g/mol. The van der Waals surface area contributed by atoms with Gasteiger partial charge in [-0.05, 0) is 104 Å². The van der Waals surface area contributed by atoms with Crippen LogP contribution in [0.3, 0.4) is 0 Å². The second-order valence-electron chi connectivity index (χ2n) is 15.2. The van der Waals surface area contributed by atoms with Crippen LogP contribution < -0.4 is 25.8 Å². The maximum atomic E-state index is 13.6. The number of piperazine rings is 1. The standard InChI is InChI=1S/C27H26F3N7O3.C13H10N4O2.C7H4ClN3O/c1-36-8-10-37(11-9-36)16-18-12-19(27(28,29)30)14-21(13-18)34-26(38)33-20-2-4-22(5-3-20)40-23-6-7-31-24(15-23)25-35-32-17-39-25;14-9-1-3-10(4-2-9)19-11-5-6-15-12(7-11)13-17-16-8-18-13;8-5-1-2-9-6(3-5)7-11-10-4-12-7/h2-7,12-15,17H,8-11,16H2,1H3,(H2,33,34,38);1-8H,14H2;1-4H. The molecule has 4 N–H and O–H groups in total. The second-order valence-corrected chi connectivity index (χ2v) is 15.7. The van der Waals surface area contributed by atoms with Gasteiger partial charge in [-0.3, -0.25) is 19.9 Å². The number of ether oxygens (including phenoxy) is 2. The molecule has 10 rings (SSSR count). The second kappa shape index (κ2) is 23.0. The number of carbonyl (C=O) groups is 1. The van der Waals surface area contributed by atoms with Gasteiger partial charge in [0, 0.05) is 85.5 Å². The summed E-state index contributed by atoms with van der Waals surface area (Å²) in [5.41, 5.74) is 8.06. The molecule has 6 aromatic heterocycles. The first-order valence-electron chi connectivity index (χ1n) is 21.2. The lowest BCUT2D eigenvalue weighted by Gasteiger charge is -2.32. The Morgan fingerprint density at radius 3 is 1.62 bits per heavy atom. The molecule has 7 heterocycles. The smallest absolute Gasteiger partial charge is 0.416 e. The number of pyridine rings is 3. The lowest BCUT2D eigenvalue weighted by atomic mass is 10.1. The summed E-state index contributed by atoms with van der Waals surface area (Å²) in [5.74, 6) is 3.27. The van der Waals surface area contributed by atoms with E-state index in [9.17, 15) is 18.0 Å². The minimum atomic E-state index is -4.54. The highest BCUT2D eigenvalue weighted by molar-refractivity contribution is 6.30. The van der Waals surface area contributed by atoms with Gasteiger partial charge in [0.2, 0.25) is 19.2 Å². The van der Waals surface area contributed by atoms with Crippen molar-refractivity contribution in [3.8, 4) is 57.8 Å². The zero-order valence-electron chi connectivity index (χ0n) is 37.3. The van der Waals surface area contributed by atoms with Gasteiger partial charge in [0.15, 0.2) is 0 Å². The lowest BCUT2D eigenvalue weighted by molar-refractivity contribution is -0.137. The highest BCUT2D eigenvalue weighted by Crippen LogP contribution is 2.33. The molecule has 0 atom stereocenters. The predicted octanol–water partition coefficient (Wildman–Crippen LogP) is 9.63. The van der Waals surface area contributed by atoms with Crippen molar-refractivity contribution >= 4 is 34.7 Å². The number of hydrogen-bond donors (Lipinski definition) is 3. The van der Waals surface area contributed by atoms with Gasteiger partial charge in [0.1, 0.15) is 40.1 Å². The number of aromatic nitrogens is 9. The summed E-state index contributed by atoms with van der Waals surface area (Å²) in [6.07, 6.45) is 3.91. The molecule has 0 radical (unpaired) electrons. The molecule has 1 aliphatic heterocycles. The van der Waals surface area contributed by atoms with Crippen LogP contribution >= 0.6 is 11.6 Å². The third kappa shape index (κ3) is 14.4. The van der Waals surface area contributed by atoms with Gasteiger partial charge in [-0.15, -0.1) is 30.6 Å². The van der Waals surface area contributed by atoms with Crippen LogP contribution in [0, 0.1) is 0 Å². The Hall–Kier alpha value is -8.80. The van der Waals surface area contributed by atoms with Gasteiger partial charge in [0.25, 0.3) is 17.7 Å². The molecular formula is C47H40ClF3N14O6. The molecule has 362 valence electrons.